The minimum Gasteiger partial charge on any atom is -0.480 e. The Bertz CT molecular complexity index is 1220. The maximum atomic E-state index is 12.8. The Morgan fingerprint density at radius 3 is 2.26 bits per heavy atom. The molecule has 0 bridgehead atoms. The van der Waals surface area contributed by atoms with Gasteiger partial charge in [0.25, 0.3) is 5.91 Å². The van der Waals surface area contributed by atoms with E-state index in [9.17, 15) is 19.5 Å². The normalized spacial score (nSPS) is 13.9. The van der Waals surface area contributed by atoms with E-state index in [1.807, 2.05) is 43.3 Å². The highest BCUT2D eigenvalue weighted by molar-refractivity contribution is 6.03. The van der Waals surface area contributed by atoms with E-state index in [1.54, 1.807) is 14.0 Å². The number of fused-ring (bicyclic) bond motifs is 3. The Balaban J connectivity index is 1.46. The van der Waals surface area contributed by atoms with Gasteiger partial charge in [0.1, 0.15) is 24.0 Å². The van der Waals surface area contributed by atoms with Gasteiger partial charge in [-0.05, 0) is 28.2 Å². The van der Waals surface area contributed by atoms with Gasteiger partial charge in [-0.1, -0.05) is 68.8 Å². The van der Waals surface area contributed by atoms with E-state index >= 15 is 0 Å². The average Bonchev–Trinajstić information content (AvgIpc) is 3.38. The van der Waals surface area contributed by atoms with Crippen LogP contribution in [0.25, 0.3) is 11.1 Å². The van der Waals surface area contributed by atoms with E-state index in [0.29, 0.717) is 6.42 Å². The molecule has 2 amide bonds. The molecule has 2 aromatic carbocycles. The molecule has 9 heteroatoms. The number of carbonyl (C=O) groups excluding carboxylic acids is 2. The predicted octanol–water partition coefficient (Wildman–Crippen LogP) is 4.01. The van der Waals surface area contributed by atoms with Crippen molar-refractivity contribution in [2.75, 3.05) is 11.9 Å². The van der Waals surface area contributed by atoms with Gasteiger partial charge in [0.15, 0.2) is 0 Å². The fraction of sp³-hybridized carbons (Fsp3) is 0.308. The summed E-state index contributed by atoms with van der Waals surface area (Å²) in [5.41, 5.74) is 4.48. The zero-order valence-electron chi connectivity index (χ0n) is 19.8. The van der Waals surface area contributed by atoms with Crippen molar-refractivity contribution in [3.63, 3.8) is 0 Å². The van der Waals surface area contributed by atoms with E-state index in [1.165, 1.54) is 10.9 Å². The summed E-state index contributed by atoms with van der Waals surface area (Å²) < 4.78 is 6.89. The number of hydrogen-bond donors (Lipinski definition) is 3. The summed E-state index contributed by atoms with van der Waals surface area (Å²) in [6.45, 7) is 3.72. The molecule has 0 saturated carbocycles. The third-order valence-electron chi connectivity index (χ3n) is 6.51. The average molecular weight is 477 g/mol. The van der Waals surface area contributed by atoms with Crippen LogP contribution < -0.4 is 10.6 Å². The maximum absolute atomic E-state index is 12.8. The highest BCUT2D eigenvalue weighted by Crippen LogP contribution is 2.44. The molecule has 3 N–H and O–H groups in total. The zero-order valence-corrected chi connectivity index (χ0v) is 19.8. The van der Waals surface area contributed by atoms with E-state index in [0.717, 1.165) is 22.3 Å². The van der Waals surface area contributed by atoms with Crippen LogP contribution in [0.15, 0.2) is 54.7 Å². The molecule has 1 heterocycles. The largest absolute Gasteiger partial charge is 0.480 e. The van der Waals surface area contributed by atoms with Crippen molar-refractivity contribution in [1.29, 1.82) is 0 Å². The van der Waals surface area contributed by atoms with Crippen LogP contribution in [0.2, 0.25) is 0 Å². The van der Waals surface area contributed by atoms with Gasteiger partial charge in [-0.25, -0.2) is 9.59 Å². The zero-order chi connectivity index (χ0) is 25.1. The second-order valence-corrected chi connectivity index (χ2v) is 8.66. The summed E-state index contributed by atoms with van der Waals surface area (Å²) in [4.78, 5) is 37.1. The number of ether oxygens (including phenoxy) is 1. The van der Waals surface area contributed by atoms with Crippen LogP contribution in [-0.4, -0.2) is 45.5 Å². The molecule has 1 aliphatic rings. The summed E-state index contributed by atoms with van der Waals surface area (Å²) in [6, 6.07) is 15.0. The lowest BCUT2D eigenvalue weighted by molar-refractivity contribution is -0.140. The standard InChI is InChI=1S/C26H28N4O5/c1-4-15(2)22(25(32)33)28-24(31)20-13-27-30(3)23(20)29-26(34)35-14-21-18-11-7-5-9-16(18)17-10-6-8-12-19(17)21/h5-13,15,21-22H,4,14H2,1-3H3,(H,28,31)(H,29,34)(H,32,33). The van der Waals surface area contributed by atoms with Gasteiger partial charge in [-0.3, -0.25) is 14.8 Å². The summed E-state index contributed by atoms with van der Waals surface area (Å²) in [6.07, 6.45) is 1.13. The Labute approximate surface area is 203 Å². The molecular weight excluding hydrogens is 448 g/mol. The molecule has 4 rings (SSSR count). The molecule has 9 nitrogen and oxygen atoms in total. The van der Waals surface area contributed by atoms with Crippen LogP contribution in [-0.2, 0) is 16.6 Å². The van der Waals surface area contributed by atoms with Gasteiger partial charge in [0, 0.05) is 13.0 Å². The maximum Gasteiger partial charge on any atom is 0.412 e. The number of nitrogens with one attached hydrogen (secondary N) is 2. The number of aliphatic carboxylic acids is 1. The molecule has 0 saturated heterocycles. The van der Waals surface area contributed by atoms with Crippen LogP contribution in [0, 0.1) is 5.92 Å². The lowest BCUT2D eigenvalue weighted by Crippen LogP contribution is -2.45. The number of nitrogens with zero attached hydrogens (tertiary/aromatic N) is 2. The fourth-order valence-electron chi connectivity index (χ4n) is 4.39. The number of carboxylic acids is 1. The topological polar surface area (TPSA) is 123 Å². The number of aromatic nitrogens is 2. The van der Waals surface area contributed by atoms with E-state index in [4.69, 9.17) is 4.74 Å². The Morgan fingerprint density at radius 1 is 1.09 bits per heavy atom. The number of hydrogen-bond acceptors (Lipinski definition) is 5. The molecule has 0 radical (unpaired) electrons. The number of aryl methyl sites for hydroxylation is 1. The quantitative estimate of drug-likeness (QED) is 0.452. The fourth-order valence-corrected chi connectivity index (χ4v) is 4.39. The lowest BCUT2D eigenvalue weighted by Gasteiger charge is -2.20. The number of anilines is 1. The second-order valence-electron chi connectivity index (χ2n) is 8.66. The third kappa shape index (κ3) is 4.75. The molecule has 2 atom stereocenters. The van der Waals surface area contributed by atoms with Crippen LogP contribution in [0.5, 0.6) is 0 Å². The Kier molecular flexibility index (Phi) is 6.86. The SMILES string of the molecule is CCC(C)C(NC(=O)c1cnn(C)c1NC(=O)OCC1c2ccccc2-c2ccccc21)C(=O)O. The summed E-state index contributed by atoms with van der Waals surface area (Å²) in [7, 11) is 1.57. The molecule has 1 aromatic heterocycles. The first kappa shape index (κ1) is 24.0. The van der Waals surface area contributed by atoms with Gasteiger partial charge < -0.3 is 15.2 Å². The number of amides is 2. The molecule has 2 unspecified atom stereocenters. The van der Waals surface area contributed by atoms with E-state index < -0.39 is 24.0 Å². The number of benzene rings is 2. The lowest BCUT2D eigenvalue weighted by atomic mass is 9.98. The summed E-state index contributed by atoms with van der Waals surface area (Å²) >= 11 is 0. The third-order valence-corrected chi connectivity index (χ3v) is 6.51. The van der Waals surface area contributed by atoms with Crippen LogP contribution >= 0.6 is 0 Å². The first-order valence-corrected chi connectivity index (χ1v) is 11.5. The first-order valence-electron chi connectivity index (χ1n) is 11.5. The summed E-state index contributed by atoms with van der Waals surface area (Å²) in [5.74, 6) is -2.02. The molecule has 0 spiro atoms. The number of rotatable bonds is 8. The van der Waals surface area contributed by atoms with Crippen molar-refractivity contribution < 1.29 is 24.2 Å². The van der Waals surface area contributed by atoms with Gasteiger partial charge in [0.05, 0.1) is 6.20 Å². The van der Waals surface area contributed by atoms with Crippen molar-refractivity contribution in [1.82, 2.24) is 15.1 Å². The van der Waals surface area contributed by atoms with E-state index in [-0.39, 0.29) is 29.8 Å². The van der Waals surface area contributed by atoms with E-state index in [2.05, 4.69) is 27.9 Å². The Morgan fingerprint density at radius 2 is 1.69 bits per heavy atom. The molecule has 0 fully saturated rings. The van der Waals surface area contributed by atoms with Crippen LogP contribution in [0.1, 0.15) is 47.7 Å². The molecule has 3 aromatic rings. The van der Waals surface area contributed by atoms with Crippen LogP contribution in [0.4, 0.5) is 10.6 Å². The van der Waals surface area contributed by atoms with Crippen molar-refractivity contribution in [3.05, 3.63) is 71.4 Å². The highest BCUT2D eigenvalue weighted by atomic mass is 16.5. The number of carboxylic acid groups (broad SMARTS) is 1. The summed E-state index contributed by atoms with van der Waals surface area (Å²) in [5, 5.41) is 18.6. The Hall–Kier alpha value is -4.14. The van der Waals surface area contributed by atoms with Gasteiger partial charge in [0.2, 0.25) is 0 Å². The monoisotopic (exact) mass is 476 g/mol. The molecule has 182 valence electrons. The predicted molar refractivity (Wildman–Crippen MR) is 130 cm³/mol. The molecule has 35 heavy (non-hydrogen) atoms. The highest BCUT2D eigenvalue weighted by Gasteiger charge is 2.30. The van der Waals surface area contributed by atoms with Gasteiger partial charge >= 0.3 is 12.1 Å². The van der Waals surface area contributed by atoms with Gasteiger partial charge in [-0.2, -0.15) is 5.10 Å². The van der Waals surface area contributed by atoms with Gasteiger partial charge in [-0.15, -0.1) is 0 Å². The minimum absolute atomic E-state index is 0.0514. The number of carbonyl (C=O) groups is 3. The molecular formula is C26H28N4O5. The van der Waals surface area contributed by atoms with Crippen molar-refractivity contribution in [2.24, 2.45) is 13.0 Å². The molecule has 0 aliphatic heterocycles. The second kappa shape index (κ2) is 10.0. The van der Waals surface area contributed by atoms with Crippen molar-refractivity contribution in [2.45, 2.75) is 32.2 Å². The minimum atomic E-state index is -1.12. The van der Waals surface area contributed by atoms with Crippen molar-refractivity contribution in [3.8, 4) is 11.1 Å². The first-order chi connectivity index (χ1) is 16.8. The smallest absolute Gasteiger partial charge is 0.412 e. The molecule has 1 aliphatic carbocycles. The van der Waals surface area contributed by atoms with Crippen molar-refractivity contribution >= 4 is 23.8 Å². The van der Waals surface area contributed by atoms with Crippen LogP contribution in [0.3, 0.4) is 0 Å².